The summed E-state index contributed by atoms with van der Waals surface area (Å²) in [5.41, 5.74) is 4.37. The third kappa shape index (κ3) is 8.48. The highest BCUT2D eigenvalue weighted by molar-refractivity contribution is 6.05. The van der Waals surface area contributed by atoms with Crippen LogP contribution in [0.1, 0.15) is 110 Å². The molecule has 3 aliphatic rings. The average molecular weight is 777 g/mol. The van der Waals surface area contributed by atoms with Crippen molar-refractivity contribution in [1.82, 2.24) is 15.3 Å². The third-order valence-corrected chi connectivity index (χ3v) is 11.7. The molecular formula is C40H48N4O12. The maximum Gasteiger partial charge on any atom is 0.304 e. The zero-order valence-electron chi connectivity index (χ0n) is 31.7. The number of hydrogen-bond donors (Lipinski definition) is 9. The summed E-state index contributed by atoms with van der Waals surface area (Å²) in [7, 11) is 0. The molecule has 16 nitrogen and oxygen atoms in total. The summed E-state index contributed by atoms with van der Waals surface area (Å²) in [5.74, 6) is -7.94. The molecule has 0 aliphatic carbocycles. The molecule has 0 saturated carbocycles. The number of fused-ring (bicyclic) bond motifs is 7. The van der Waals surface area contributed by atoms with Gasteiger partial charge in [0.05, 0.1) is 12.8 Å². The Labute approximate surface area is 322 Å². The van der Waals surface area contributed by atoms with Gasteiger partial charge in [0.1, 0.15) is 0 Å². The Kier molecular flexibility index (Phi) is 11.8. The first-order valence-electron chi connectivity index (χ1n) is 18.5. The van der Waals surface area contributed by atoms with Gasteiger partial charge in [0.25, 0.3) is 0 Å². The second-order valence-corrected chi connectivity index (χ2v) is 15.5. The fourth-order valence-corrected chi connectivity index (χ4v) is 8.76. The highest BCUT2D eigenvalue weighted by Crippen LogP contribution is 2.53. The minimum atomic E-state index is -1.26. The number of aromatic amines is 2. The zero-order chi connectivity index (χ0) is 41.3. The van der Waals surface area contributed by atoms with Gasteiger partial charge in [-0.2, -0.15) is 0 Å². The van der Waals surface area contributed by atoms with Crippen molar-refractivity contribution in [3.63, 3.8) is 0 Å². The lowest BCUT2D eigenvalue weighted by molar-refractivity contribution is -0.140. The Morgan fingerprint density at radius 2 is 1.11 bits per heavy atom. The van der Waals surface area contributed by atoms with Crippen molar-refractivity contribution in [2.45, 2.75) is 98.3 Å². The molecule has 0 radical (unpaired) electrons. The van der Waals surface area contributed by atoms with Crippen LogP contribution in [0.2, 0.25) is 0 Å². The van der Waals surface area contributed by atoms with Gasteiger partial charge in [-0.15, -0.1) is 0 Å². The highest BCUT2D eigenvalue weighted by Gasteiger charge is 2.51. The molecule has 300 valence electrons. The lowest BCUT2D eigenvalue weighted by Gasteiger charge is -2.32. The number of carboxylic acids is 6. The van der Waals surface area contributed by atoms with Crippen molar-refractivity contribution in [1.29, 1.82) is 0 Å². The Bertz CT molecular complexity index is 2120. The normalized spacial score (nSPS) is 25.5. The van der Waals surface area contributed by atoms with E-state index in [1.807, 2.05) is 13.8 Å². The number of carbonyl (C=O) groups is 6. The molecule has 0 aromatic carbocycles. The van der Waals surface area contributed by atoms with Crippen molar-refractivity contribution in [2.24, 2.45) is 27.7 Å². The largest absolute Gasteiger partial charge is 0.481 e. The molecule has 56 heavy (non-hydrogen) atoms. The second-order valence-electron chi connectivity index (χ2n) is 15.5. The standard InChI is InChI=1S/C40H48N4O12/c1-19-21(5-9-33(45)46)27-14-28-22(6-10-34(47)48)20(2)26(42-28)15-31-40(4,18-38(55)56)24(8-12-36(51)52)30(44-31)16-32-39(3,17-37(53)54)23(7-11-35(49)50)29(43-32)13-25(19)41-27/h13,15-16,23-24,41-42,44H,5-12,14,17-18H2,1-4H3,(H,45,46)(H,47,48)(H,49,50)(H,51,52)(H,53,54)(H,55,56)/b29-13-,30-16-,31-15-/t23-,24-,39+,40+/m1/s1. The molecular weight excluding hydrogens is 728 g/mol. The summed E-state index contributed by atoms with van der Waals surface area (Å²) in [6.45, 7) is 7.06. The Morgan fingerprint density at radius 1 is 0.643 bits per heavy atom. The number of hydrogen-bond acceptors (Lipinski definition) is 8. The number of aromatic nitrogens is 2. The van der Waals surface area contributed by atoms with Gasteiger partial charge < -0.3 is 45.9 Å². The summed E-state index contributed by atoms with van der Waals surface area (Å²) >= 11 is 0. The number of aliphatic imine (C=N–C) groups is 1. The van der Waals surface area contributed by atoms with Crippen LogP contribution in [0.4, 0.5) is 0 Å². The van der Waals surface area contributed by atoms with Gasteiger partial charge in [-0.25, -0.2) is 0 Å². The Hall–Kier alpha value is -5.93. The fourth-order valence-electron chi connectivity index (χ4n) is 8.76. The van der Waals surface area contributed by atoms with Crippen LogP contribution >= 0.6 is 0 Å². The molecule has 5 rings (SSSR count). The number of allylic oxidation sites excluding steroid dienone is 4. The molecule has 5 heterocycles. The van der Waals surface area contributed by atoms with E-state index >= 15 is 0 Å². The Balaban J connectivity index is 1.87. The van der Waals surface area contributed by atoms with E-state index in [1.165, 1.54) is 0 Å². The molecule has 0 amide bonds. The maximum atomic E-state index is 12.5. The number of nitrogens with zero attached hydrogens (tertiary/aromatic N) is 1. The first-order chi connectivity index (χ1) is 26.2. The lowest BCUT2D eigenvalue weighted by Crippen LogP contribution is -2.34. The van der Waals surface area contributed by atoms with Crippen LogP contribution in [-0.4, -0.2) is 82.1 Å². The molecule has 1 saturated heterocycles. The number of carboxylic acid groups (broad SMARTS) is 6. The molecule has 2 aromatic rings. The van der Waals surface area contributed by atoms with Crippen LogP contribution in [-0.2, 0) is 48.0 Å². The maximum absolute atomic E-state index is 12.5. The monoisotopic (exact) mass is 776 g/mol. The SMILES string of the molecule is Cc1c2[nH]c(c1CCC(=O)O)Cc1[nH]c(c(C)c1CCC(=O)O)/C=C1\N/C(=C\C3=NC(=C\2)/[C@@H](CCC(=O)O)[C@]3(C)CC(=O)O)[C@@H](CCC(=O)O)[C@]1(C)CC(=O)O. The van der Waals surface area contributed by atoms with E-state index in [0.717, 1.165) is 11.1 Å². The quantitative estimate of drug-likeness (QED) is 0.107. The van der Waals surface area contributed by atoms with Crippen LogP contribution < -0.4 is 5.32 Å². The van der Waals surface area contributed by atoms with Crippen molar-refractivity contribution >= 4 is 53.7 Å². The van der Waals surface area contributed by atoms with Crippen LogP contribution in [0.15, 0.2) is 28.2 Å². The fraction of sp³-hybridized carbons (Fsp3) is 0.475. The minimum absolute atomic E-state index is 0.0193. The highest BCUT2D eigenvalue weighted by atomic mass is 16.4. The van der Waals surface area contributed by atoms with Gasteiger partial charge in [-0.3, -0.25) is 33.8 Å². The van der Waals surface area contributed by atoms with Crippen molar-refractivity contribution < 1.29 is 59.4 Å². The van der Waals surface area contributed by atoms with E-state index < -0.39 is 71.3 Å². The van der Waals surface area contributed by atoms with Gasteiger partial charge in [0.15, 0.2) is 0 Å². The summed E-state index contributed by atoms with van der Waals surface area (Å²) in [6.07, 6.45) is 3.88. The van der Waals surface area contributed by atoms with E-state index in [4.69, 9.17) is 4.99 Å². The number of H-pyrrole nitrogens is 2. The lowest BCUT2D eigenvalue weighted by atomic mass is 9.68. The summed E-state index contributed by atoms with van der Waals surface area (Å²) in [6, 6.07) is 0. The molecule has 1 fully saturated rings. The van der Waals surface area contributed by atoms with Crippen LogP contribution in [0.3, 0.4) is 0 Å². The second kappa shape index (κ2) is 16.0. The molecule has 16 heteroatoms. The number of aliphatic carboxylic acids is 6. The van der Waals surface area contributed by atoms with Crippen LogP contribution in [0, 0.1) is 36.5 Å². The van der Waals surface area contributed by atoms with Crippen LogP contribution in [0.25, 0.3) is 12.2 Å². The van der Waals surface area contributed by atoms with Crippen LogP contribution in [0.5, 0.6) is 0 Å². The predicted octanol–water partition coefficient (Wildman–Crippen LogP) is 5.15. The average Bonchev–Trinajstić information content (AvgIpc) is 3.70. The molecule has 8 bridgehead atoms. The van der Waals surface area contributed by atoms with Gasteiger partial charge in [0, 0.05) is 100 Å². The predicted molar refractivity (Wildman–Crippen MR) is 202 cm³/mol. The summed E-state index contributed by atoms with van der Waals surface area (Å²) in [4.78, 5) is 84.3. The van der Waals surface area contributed by atoms with E-state index in [0.29, 0.717) is 56.7 Å². The molecule has 4 atom stereocenters. The van der Waals surface area contributed by atoms with Gasteiger partial charge in [0.2, 0.25) is 0 Å². The van der Waals surface area contributed by atoms with Crippen molar-refractivity contribution in [3.8, 4) is 0 Å². The number of nitrogens with one attached hydrogen (secondary N) is 3. The molecule has 0 spiro atoms. The molecule has 2 aromatic heterocycles. The Morgan fingerprint density at radius 3 is 1.59 bits per heavy atom. The first-order valence-corrected chi connectivity index (χ1v) is 18.5. The summed E-state index contributed by atoms with van der Waals surface area (Å²) < 4.78 is 0. The van der Waals surface area contributed by atoms with E-state index in [9.17, 15) is 59.4 Å². The van der Waals surface area contributed by atoms with Crippen molar-refractivity contribution in [3.05, 3.63) is 68.2 Å². The molecule has 0 unspecified atom stereocenters. The van der Waals surface area contributed by atoms with Gasteiger partial charge >= 0.3 is 35.8 Å². The molecule has 9 N–H and O–H groups in total. The minimum Gasteiger partial charge on any atom is -0.481 e. The smallest absolute Gasteiger partial charge is 0.304 e. The van der Waals surface area contributed by atoms with Gasteiger partial charge in [-0.1, -0.05) is 13.8 Å². The van der Waals surface area contributed by atoms with E-state index in [-0.39, 0.29) is 57.8 Å². The number of rotatable bonds is 16. The van der Waals surface area contributed by atoms with E-state index in [1.54, 1.807) is 32.1 Å². The third-order valence-electron chi connectivity index (χ3n) is 11.7. The summed E-state index contributed by atoms with van der Waals surface area (Å²) in [5, 5.41) is 62.5. The van der Waals surface area contributed by atoms with E-state index in [2.05, 4.69) is 15.3 Å². The van der Waals surface area contributed by atoms with Gasteiger partial charge in [-0.05, 0) is 80.0 Å². The first kappa shape index (κ1) is 41.2. The zero-order valence-corrected chi connectivity index (χ0v) is 31.7. The topological polar surface area (TPSA) is 280 Å². The van der Waals surface area contributed by atoms with Crippen molar-refractivity contribution in [2.75, 3.05) is 0 Å². The molecule has 3 aliphatic heterocycles.